The lowest BCUT2D eigenvalue weighted by Crippen LogP contribution is -2.44. The van der Waals surface area contributed by atoms with Crippen molar-refractivity contribution in [2.45, 2.75) is 31.0 Å². The van der Waals surface area contributed by atoms with Gasteiger partial charge in [0.2, 0.25) is 0 Å². The minimum absolute atomic E-state index is 0.0469. The predicted octanol–water partition coefficient (Wildman–Crippen LogP) is 3.44. The summed E-state index contributed by atoms with van der Waals surface area (Å²) in [7, 11) is 1.67. The van der Waals surface area contributed by atoms with E-state index >= 15 is 0 Å². The van der Waals surface area contributed by atoms with E-state index in [-0.39, 0.29) is 17.9 Å². The highest BCUT2D eigenvalue weighted by atomic mass is 16.5. The number of fused-ring (bicyclic) bond motifs is 1. The molecule has 22 heavy (non-hydrogen) atoms. The maximum Gasteiger partial charge on any atom is 0.119 e. The maximum atomic E-state index is 11.0. The van der Waals surface area contributed by atoms with Gasteiger partial charge in [0.05, 0.1) is 19.8 Å². The van der Waals surface area contributed by atoms with E-state index in [4.69, 9.17) is 9.47 Å². The Bertz CT molecular complexity index is 562. The van der Waals surface area contributed by atoms with Crippen LogP contribution in [0.5, 0.6) is 5.75 Å². The summed E-state index contributed by atoms with van der Waals surface area (Å²) in [6.07, 6.45) is 6.53. The third-order valence-electron chi connectivity index (χ3n) is 5.26. The summed E-state index contributed by atoms with van der Waals surface area (Å²) in [5.41, 5.74) is 1.59. The van der Waals surface area contributed by atoms with Crippen LogP contribution in [0.4, 0.5) is 0 Å². The molecule has 1 aromatic rings. The van der Waals surface area contributed by atoms with Crippen molar-refractivity contribution in [3.63, 3.8) is 0 Å². The van der Waals surface area contributed by atoms with Crippen LogP contribution in [0, 0.1) is 11.8 Å². The minimum Gasteiger partial charge on any atom is -0.497 e. The van der Waals surface area contributed by atoms with Crippen LogP contribution in [-0.2, 0) is 11.2 Å². The summed E-state index contributed by atoms with van der Waals surface area (Å²) in [6, 6.07) is 6.08. The first-order valence-corrected chi connectivity index (χ1v) is 7.88. The molecule has 0 bridgehead atoms. The van der Waals surface area contributed by atoms with Crippen LogP contribution < -0.4 is 4.74 Å². The molecule has 118 valence electrons. The van der Waals surface area contributed by atoms with Gasteiger partial charge in [-0.05, 0) is 36.1 Å². The van der Waals surface area contributed by atoms with Crippen molar-refractivity contribution in [3.8, 4) is 5.75 Å². The SMILES string of the molecule is C=C[C@@H]1CC[C@@H](C=C)C1(O)COC1Cc2ccc(OC)cc21. The Labute approximate surface area is 132 Å². The van der Waals surface area contributed by atoms with Crippen molar-refractivity contribution in [1.29, 1.82) is 0 Å². The van der Waals surface area contributed by atoms with Gasteiger partial charge >= 0.3 is 0 Å². The highest BCUT2D eigenvalue weighted by Crippen LogP contribution is 2.45. The molecule has 1 fully saturated rings. The Hall–Kier alpha value is -1.58. The van der Waals surface area contributed by atoms with E-state index in [2.05, 4.69) is 19.2 Å². The van der Waals surface area contributed by atoms with Gasteiger partial charge in [0.15, 0.2) is 0 Å². The summed E-state index contributed by atoms with van der Waals surface area (Å²) in [4.78, 5) is 0. The van der Waals surface area contributed by atoms with E-state index in [9.17, 15) is 5.11 Å². The second kappa shape index (κ2) is 5.90. The van der Waals surface area contributed by atoms with Gasteiger partial charge in [-0.3, -0.25) is 0 Å². The third kappa shape index (κ3) is 2.38. The van der Waals surface area contributed by atoms with Gasteiger partial charge in [0.25, 0.3) is 0 Å². The molecule has 0 heterocycles. The van der Waals surface area contributed by atoms with Crippen LogP contribution in [0.2, 0.25) is 0 Å². The fraction of sp³-hybridized carbons (Fsp3) is 0.474. The first-order chi connectivity index (χ1) is 10.6. The van der Waals surface area contributed by atoms with Gasteiger partial charge in [-0.15, -0.1) is 13.2 Å². The molecule has 2 aliphatic rings. The average molecular weight is 300 g/mol. The molecule has 2 aliphatic carbocycles. The molecule has 3 heteroatoms. The summed E-state index contributed by atoms with van der Waals surface area (Å²) in [5, 5.41) is 11.0. The van der Waals surface area contributed by atoms with Gasteiger partial charge in [-0.25, -0.2) is 0 Å². The number of methoxy groups -OCH3 is 1. The zero-order valence-corrected chi connectivity index (χ0v) is 13.1. The van der Waals surface area contributed by atoms with Crippen LogP contribution in [0.25, 0.3) is 0 Å². The summed E-state index contributed by atoms with van der Waals surface area (Å²) >= 11 is 0. The van der Waals surface area contributed by atoms with Crippen molar-refractivity contribution in [1.82, 2.24) is 0 Å². The lowest BCUT2D eigenvalue weighted by atomic mass is 9.83. The number of rotatable bonds is 6. The zero-order valence-electron chi connectivity index (χ0n) is 13.1. The summed E-state index contributed by atoms with van der Waals surface area (Å²) in [6.45, 7) is 8.04. The fourth-order valence-electron chi connectivity index (χ4n) is 3.74. The first-order valence-electron chi connectivity index (χ1n) is 7.88. The molecule has 0 aromatic heterocycles. The number of hydrogen-bond acceptors (Lipinski definition) is 3. The Kier molecular flexibility index (Phi) is 4.11. The molecular formula is C19H24O3. The lowest BCUT2D eigenvalue weighted by Gasteiger charge is -2.37. The van der Waals surface area contributed by atoms with E-state index in [1.165, 1.54) is 11.1 Å². The molecule has 1 unspecified atom stereocenters. The third-order valence-corrected chi connectivity index (χ3v) is 5.26. The van der Waals surface area contributed by atoms with Crippen LogP contribution >= 0.6 is 0 Å². The van der Waals surface area contributed by atoms with Crippen LogP contribution in [-0.4, -0.2) is 24.4 Å². The lowest BCUT2D eigenvalue weighted by molar-refractivity contribution is -0.105. The smallest absolute Gasteiger partial charge is 0.119 e. The van der Waals surface area contributed by atoms with Crippen LogP contribution in [0.1, 0.15) is 30.1 Å². The van der Waals surface area contributed by atoms with E-state index < -0.39 is 5.60 Å². The number of hydrogen-bond donors (Lipinski definition) is 1. The number of ether oxygens (including phenoxy) is 2. The fourth-order valence-corrected chi connectivity index (χ4v) is 3.74. The quantitative estimate of drug-likeness (QED) is 0.818. The molecule has 1 saturated carbocycles. The molecule has 3 atom stereocenters. The highest BCUT2D eigenvalue weighted by molar-refractivity contribution is 5.43. The largest absolute Gasteiger partial charge is 0.497 e. The van der Waals surface area contributed by atoms with Gasteiger partial charge in [0.1, 0.15) is 11.4 Å². The van der Waals surface area contributed by atoms with Crippen LogP contribution in [0.15, 0.2) is 43.5 Å². The topological polar surface area (TPSA) is 38.7 Å². The van der Waals surface area contributed by atoms with Crippen molar-refractivity contribution in [2.75, 3.05) is 13.7 Å². The van der Waals surface area contributed by atoms with Gasteiger partial charge in [0, 0.05) is 18.3 Å². The molecule has 0 spiro atoms. The van der Waals surface area contributed by atoms with Crippen molar-refractivity contribution in [2.24, 2.45) is 11.8 Å². The second-order valence-electron chi connectivity index (χ2n) is 6.32. The normalized spacial score (nSPS) is 28.5. The van der Waals surface area contributed by atoms with E-state index in [1.807, 2.05) is 24.3 Å². The predicted molar refractivity (Wildman–Crippen MR) is 86.9 cm³/mol. The number of aliphatic hydroxyl groups is 1. The molecule has 1 N–H and O–H groups in total. The second-order valence-corrected chi connectivity index (χ2v) is 6.32. The van der Waals surface area contributed by atoms with Crippen LogP contribution in [0.3, 0.4) is 0 Å². The molecule has 0 radical (unpaired) electrons. The Morgan fingerprint density at radius 1 is 1.27 bits per heavy atom. The van der Waals surface area contributed by atoms with E-state index in [0.717, 1.165) is 25.0 Å². The first kappa shape index (κ1) is 15.3. The molecule has 0 saturated heterocycles. The van der Waals surface area contributed by atoms with Gasteiger partial charge in [-0.2, -0.15) is 0 Å². The van der Waals surface area contributed by atoms with E-state index in [1.54, 1.807) is 7.11 Å². The van der Waals surface area contributed by atoms with Crippen molar-refractivity contribution >= 4 is 0 Å². The molecule has 3 nitrogen and oxygen atoms in total. The standard InChI is InChI=1S/C19H24O3/c1-4-14-7-8-15(5-2)19(14,20)12-22-18-10-13-6-9-16(21-3)11-17(13)18/h4-6,9,11,14-15,18,20H,1-2,7-8,10,12H2,3H3/t14-,15-,18?/m1/s1. The molecule has 1 aromatic carbocycles. The van der Waals surface area contributed by atoms with Gasteiger partial charge in [-0.1, -0.05) is 18.2 Å². The molecular weight excluding hydrogens is 276 g/mol. The molecule has 0 aliphatic heterocycles. The monoisotopic (exact) mass is 300 g/mol. The average Bonchev–Trinajstić information content (AvgIpc) is 2.84. The van der Waals surface area contributed by atoms with Crippen molar-refractivity contribution < 1.29 is 14.6 Å². The van der Waals surface area contributed by atoms with Gasteiger partial charge < -0.3 is 14.6 Å². The molecule has 3 rings (SSSR count). The number of benzene rings is 1. The summed E-state index contributed by atoms with van der Waals surface area (Å²) < 4.78 is 11.3. The van der Waals surface area contributed by atoms with Crippen molar-refractivity contribution in [3.05, 3.63) is 54.6 Å². The molecule has 0 amide bonds. The Morgan fingerprint density at radius 2 is 1.95 bits per heavy atom. The van der Waals surface area contributed by atoms with E-state index in [0.29, 0.717) is 6.61 Å². The summed E-state index contributed by atoms with van der Waals surface area (Å²) in [5.74, 6) is 0.986. The Morgan fingerprint density at radius 3 is 2.55 bits per heavy atom. The zero-order chi connectivity index (χ0) is 15.7. The minimum atomic E-state index is -0.877. The maximum absolute atomic E-state index is 11.0. The highest BCUT2D eigenvalue weighted by Gasteiger charge is 2.47. The Balaban J connectivity index is 1.69.